The molecule has 4 nitrogen and oxygen atoms in total. The predicted octanol–water partition coefficient (Wildman–Crippen LogP) is 5.71. The Hall–Kier alpha value is -3.38. The van der Waals surface area contributed by atoms with Crippen LogP contribution in [0, 0.1) is 18.6 Å². The van der Waals surface area contributed by atoms with E-state index in [4.69, 9.17) is 4.98 Å². The molecule has 5 rings (SSSR count). The number of aromatic nitrogens is 2. The van der Waals surface area contributed by atoms with Gasteiger partial charge in [0.15, 0.2) is 11.6 Å². The van der Waals surface area contributed by atoms with Crippen LogP contribution in [0.25, 0.3) is 33.3 Å². The van der Waals surface area contributed by atoms with Crippen LogP contribution in [0.15, 0.2) is 60.8 Å². The summed E-state index contributed by atoms with van der Waals surface area (Å²) >= 11 is 0. The number of fused-ring (bicyclic) bond motifs is 1. The summed E-state index contributed by atoms with van der Waals surface area (Å²) < 4.78 is 29.0. The molecule has 6 heteroatoms. The van der Waals surface area contributed by atoms with Gasteiger partial charge < -0.3 is 10.6 Å². The van der Waals surface area contributed by atoms with E-state index in [0.29, 0.717) is 16.9 Å². The first-order chi connectivity index (χ1) is 15.6. The molecule has 0 aliphatic carbocycles. The van der Waals surface area contributed by atoms with Crippen molar-refractivity contribution in [2.75, 3.05) is 18.4 Å². The molecule has 2 aromatic carbocycles. The standard InChI is InChI=1S/C26H24F2N4/c1-16-5-2-3-6-18(16)25-26-20(11-14-30-25)21(19-7-4-8-22(27)24(19)28)15-23(32-26)31-17-9-12-29-13-10-17/h2-8,11,14-15,17,29H,9-10,12-13H2,1H3,(H,31,32). The van der Waals surface area contributed by atoms with Crippen molar-refractivity contribution in [3.05, 3.63) is 78.0 Å². The number of hydrogen-bond donors (Lipinski definition) is 2. The minimum Gasteiger partial charge on any atom is -0.367 e. The van der Waals surface area contributed by atoms with Crippen LogP contribution in [0.5, 0.6) is 0 Å². The van der Waals surface area contributed by atoms with Gasteiger partial charge in [-0.25, -0.2) is 13.8 Å². The summed E-state index contributed by atoms with van der Waals surface area (Å²) in [5.41, 5.74) is 4.25. The van der Waals surface area contributed by atoms with Crippen molar-refractivity contribution in [2.45, 2.75) is 25.8 Å². The van der Waals surface area contributed by atoms with Gasteiger partial charge in [0.25, 0.3) is 0 Å². The van der Waals surface area contributed by atoms with Crippen molar-refractivity contribution in [1.29, 1.82) is 0 Å². The number of halogens is 2. The number of pyridine rings is 2. The van der Waals surface area contributed by atoms with Crippen LogP contribution in [0.3, 0.4) is 0 Å². The molecule has 0 spiro atoms. The van der Waals surface area contributed by atoms with Crippen LogP contribution < -0.4 is 10.6 Å². The summed E-state index contributed by atoms with van der Waals surface area (Å²) in [4.78, 5) is 9.55. The number of hydrogen-bond acceptors (Lipinski definition) is 4. The van der Waals surface area contributed by atoms with Crippen molar-refractivity contribution in [3.8, 4) is 22.4 Å². The molecule has 1 fully saturated rings. The van der Waals surface area contributed by atoms with E-state index in [1.165, 1.54) is 6.07 Å². The van der Waals surface area contributed by atoms with E-state index in [-0.39, 0.29) is 11.6 Å². The van der Waals surface area contributed by atoms with Gasteiger partial charge in [-0.2, -0.15) is 0 Å². The van der Waals surface area contributed by atoms with E-state index in [9.17, 15) is 8.78 Å². The molecule has 1 aliphatic heterocycles. The number of nitrogens with one attached hydrogen (secondary N) is 2. The second-order valence-corrected chi connectivity index (χ2v) is 8.20. The highest BCUT2D eigenvalue weighted by Gasteiger charge is 2.20. The quantitative estimate of drug-likeness (QED) is 0.435. The number of aryl methyl sites for hydroxylation is 1. The molecule has 1 saturated heterocycles. The van der Waals surface area contributed by atoms with Gasteiger partial charge in [0, 0.05) is 28.8 Å². The number of rotatable bonds is 4. The average molecular weight is 431 g/mol. The maximum Gasteiger partial charge on any atom is 0.166 e. The highest BCUT2D eigenvalue weighted by atomic mass is 19.2. The maximum atomic E-state index is 14.9. The van der Waals surface area contributed by atoms with Gasteiger partial charge in [-0.15, -0.1) is 0 Å². The second kappa shape index (κ2) is 8.63. The minimum atomic E-state index is -0.867. The molecule has 0 radical (unpaired) electrons. The average Bonchev–Trinajstić information content (AvgIpc) is 2.81. The number of piperidine rings is 1. The van der Waals surface area contributed by atoms with E-state index in [1.54, 1.807) is 12.3 Å². The monoisotopic (exact) mass is 430 g/mol. The molecule has 32 heavy (non-hydrogen) atoms. The molecule has 162 valence electrons. The van der Waals surface area contributed by atoms with Crippen LogP contribution >= 0.6 is 0 Å². The van der Waals surface area contributed by atoms with Gasteiger partial charge in [-0.1, -0.05) is 36.4 Å². The van der Waals surface area contributed by atoms with Gasteiger partial charge in [0.1, 0.15) is 5.82 Å². The second-order valence-electron chi connectivity index (χ2n) is 8.20. The summed E-state index contributed by atoms with van der Waals surface area (Å²) in [6, 6.07) is 16.2. The Morgan fingerprint density at radius 1 is 0.938 bits per heavy atom. The molecule has 4 aromatic rings. The fraction of sp³-hybridized carbons (Fsp3) is 0.231. The number of nitrogens with zero attached hydrogens (tertiary/aromatic N) is 2. The van der Waals surface area contributed by atoms with Crippen molar-refractivity contribution < 1.29 is 8.78 Å². The lowest BCUT2D eigenvalue weighted by Gasteiger charge is -2.25. The van der Waals surface area contributed by atoms with Gasteiger partial charge in [-0.05, 0) is 62.2 Å². The lowest BCUT2D eigenvalue weighted by atomic mass is 9.97. The number of anilines is 1. The topological polar surface area (TPSA) is 49.8 Å². The van der Waals surface area contributed by atoms with Crippen LogP contribution in [0.4, 0.5) is 14.6 Å². The van der Waals surface area contributed by atoms with Crippen molar-refractivity contribution in [3.63, 3.8) is 0 Å². The van der Waals surface area contributed by atoms with Crippen molar-refractivity contribution in [2.24, 2.45) is 0 Å². The fourth-order valence-corrected chi connectivity index (χ4v) is 4.37. The summed E-state index contributed by atoms with van der Waals surface area (Å²) in [7, 11) is 0. The Labute approximate surface area is 185 Å². The Morgan fingerprint density at radius 3 is 2.53 bits per heavy atom. The van der Waals surface area contributed by atoms with Gasteiger partial charge in [0.2, 0.25) is 0 Å². The highest BCUT2D eigenvalue weighted by Crippen LogP contribution is 2.36. The number of benzene rings is 2. The van der Waals surface area contributed by atoms with Crippen LogP contribution in [-0.4, -0.2) is 29.1 Å². The van der Waals surface area contributed by atoms with Gasteiger partial charge in [0.05, 0.1) is 11.2 Å². The van der Waals surface area contributed by atoms with Gasteiger partial charge >= 0.3 is 0 Å². The first-order valence-corrected chi connectivity index (χ1v) is 10.9. The molecule has 0 saturated carbocycles. The molecule has 0 bridgehead atoms. The molecular formula is C26H24F2N4. The lowest BCUT2D eigenvalue weighted by molar-refractivity contribution is 0.478. The molecule has 2 N–H and O–H groups in total. The zero-order valence-electron chi connectivity index (χ0n) is 17.8. The van der Waals surface area contributed by atoms with Gasteiger partial charge in [-0.3, -0.25) is 4.98 Å². The normalized spacial score (nSPS) is 14.6. The molecule has 0 amide bonds. The van der Waals surface area contributed by atoms with E-state index >= 15 is 0 Å². The van der Waals surface area contributed by atoms with Crippen LogP contribution in [0.2, 0.25) is 0 Å². The first kappa shape index (κ1) is 20.5. The third-order valence-corrected chi connectivity index (χ3v) is 6.06. The fourth-order valence-electron chi connectivity index (χ4n) is 4.37. The molecule has 3 heterocycles. The Morgan fingerprint density at radius 2 is 1.72 bits per heavy atom. The molecule has 0 unspecified atom stereocenters. The Bertz CT molecular complexity index is 1280. The third-order valence-electron chi connectivity index (χ3n) is 6.06. The van der Waals surface area contributed by atoms with Crippen LogP contribution in [0.1, 0.15) is 18.4 Å². The largest absolute Gasteiger partial charge is 0.367 e. The zero-order chi connectivity index (χ0) is 22.1. The van der Waals surface area contributed by atoms with Crippen LogP contribution in [-0.2, 0) is 0 Å². The molecule has 2 aromatic heterocycles. The Balaban J connectivity index is 1.75. The Kier molecular flexibility index (Phi) is 5.53. The maximum absolute atomic E-state index is 14.9. The summed E-state index contributed by atoms with van der Waals surface area (Å²) in [5.74, 6) is -1.08. The molecule has 1 aliphatic rings. The summed E-state index contributed by atoms with van der Waals surface area (Å²) in [6.07, 6.45) is 3.65. The molecular weight excluding hydrogens is 406 g/mol. The first-order valence-electron chi connectivity index (χ1n) is 10.9. The van der Waals surface area contributed by atoms with Crippen molar-refractivity contribution in [1.82, 2.24) is 15.3 Å². The van der Waals surface area contributed by atoms with E-state index in [1.807, 2.05) is 43.3 Å². The zero-order valence-corrected chi connectivity index (χ0v) is 17.8. The molecule has 0 atom stereocenters. The smallest absolute Gasteiger partial charge is 0.166 e. The highest BCUT2D eigenvalue weighted by molar-refractivity contribution is 6.02. The minimum absolute atomic E-state index is 0.215. The van der Waals surface area contributed by atoms with E-state index in [0.717, 1.165) is 54.2 Å². The summed E-state index contributed by atoms with van der Waals surface area (Å²) in [6.45, 7) is 3.90. The lowest BCUT2D eigenvalue weighted by Crippen LogP contribution is -2.35. The van der Waals surface area contributed by atoms with E-state index in [2.05, 4.69) is 15.6 Å². The van der Waals surface area contributed by atoms with E-state index < -0.39 is 11.6 Å². The summed E-state index contributed by atoms with van der Waals surface area (Å²) in [5, 5.41) is 7.61. The SMILES string of the molecule is Cc1ccccc1-c1nccc2c(-c3cccc(F)c3F)cc(NC3CCNCC3)nc12. The third kappa shape index (κ3) is 3.82. The predicted molar refractivity (Wildman–Crippen MR) is 125 cm³/mol. The van der Waals surface area contributed by atoms with Crippen molar-refractivity contribution >= 4 is 16.7 Å².